The van der Waals surface area contributed by atoms with E-state index < -0.39 is 28.4 Å². The molecule has 6 nitrogen and oxygen atoms in total. The maximum atomic E-state index is 12.3. The Labute approximate surface area is 116 Å². The van der Waals surface area contributed by atoms with Gasteiger partial charge in [-0.1, -0.05) is 12.8 Å². The van der Waals surface area contributed by atoms with E-state index >= 15 is 0 Å². The van der Waals surface area contributed by atoms with E-state index in [-0.39, 0.29) is 12.3 Å². The lowest BCUT2D eigenvalue weighted by molar-refractivity contribution is -0.132. The molecule has 3 rings (SSSR count). The van der Waals surface area contributed by atoms with Crippen LogP contribution in [0.15, 0.2) is 0 Å². The first kappa shape index (κ1) is 12.9. The van der Waals surface area contributed by atoms with Crippen LogP contribution in [0.5, 0.6) is 0 Å². The van der Waals surface area contributed by atoms with E-state index in [1.165, 1.54) is 0 Å². The lowest BCUT2D eigenvalue weighted by Crippen LogP contribution is -2.59. The third-order valence-electron chi connectivity index (χ3n) is 5.40. The van der Waals surface area contributed by atoms with E-state index in [9.17, 15) is 25.7 Å². The normalized spacial score (nSPS) is 44.4. The SMILES string of the molecule is N#CC1(C#N)[C@@H]2CCCC[C@H]2[C@@]2(O)C[C@]1(C#N)C(=O)N2. The topological polar surface area (TPSA) is 121 Å². The molecule has 0 aromatic rings. The predicted octanol–water partition coefficient (Wildman–Crippen LogP) is 0.558. The molecule has 3 aliphatic rings. The molecule has 0 aromatic heterocycles. The van der Waals surface area contributed by atoms with E-state index in [1.807, 2.05) is 18.2 Å². The van der Waals surface area contributed by atoms with Gasteiger partial charge in [0.15, 0.2) is 10.8 Å². The summed E-state index contributed by atoms with van der Waals surface area (Å²) in [4.78, 5) is 12.3. The van der Waals surface area contributed by atoms with Gasteiger partial charge < -0.3 is 10.4 Å². The number of nitriles is 3. The zero-order valence-corrected chi connectivity index (χ0v) is 10.9. The van der Waals surface area contributed by atoms with Crippen LogP contribution in [0.1, 0.15) is 32.1 Å². The van der Waals surface area contributed by atoms with Crippen LogP contribution >= 0.6 is 0 Å². The lowest BCUT2D eigenvalue weighted by Gasteiger charge is -2.51. The van der Waals surface area contributed by atoms with Crippen molar-refractivity contribution >= 4 is 5.91 Å². The van der Waals surface area contributed by atoms with Crippen LogP contribution in [0.25, 0.3) is 0 Å². The molecule has 4 atom stereocenters. The number of nitrogens with one attached hydrogen (secondary N) is 1. The van der Waals surface area contributed by atoms with E-state index in [0.717, 1.165) is 12.8 Å². The van der Waals surface area contributed by atoms with Crippen molar-refractivity contribution in [3.8, 4) is 18.2 Å². The molecule has 1 heterocycles. The molecular formula is C14H14N4O2. The molecule has 6 heteroatoms. The zero-order valence-electron chi connectivity index (χ0n) is 10.9. The summed E-state index contributed by atoms with van der Waals surface area (Å²) in [6.07, 6.45) is 2.82. The molecule has 102 valence electrons. The Balaban J connectivity index is 2.27. The minimum Gasteiger partial charge on any atom is -0.371 e. The number of hydrogen-bond acceptors (Lipinski definition) is 5. The summed E-state index contributed by atoms with van der Waals surface area (Å²) in [6.45, 7) is 0. The van der Waals surface area contributed by atoms with Crippen molar-refractivity contribution < 1.29 is 9.90 Å². The van der Waals surface area contributed by atoms with Crippen LogP contribution in [0.4, 0.5) is 0 Å². The first-order valence-electron chi connectivity index (χ1n) is 6.78. The quantitative estimate of drug-likeness (QED) is 0.666. The maximum Gasteiger partial charge on any atom is 0.245 e. The minimum atomic E-state index is -1.76. The second kappa shape index (κ2) is 3.72. The first-order valence-corrected chi connectivity index (χ1v) is 6.78. The van der Waals surface area contributed by atoms with Crippen molar-refractivity contribution in [2.24, 2.45) is 22.7 Å². The number of fused-ring (bicyclic) bond motifs is 4. The highest BCUT2D eigenvalue weighted by Crippen LogP contribution is 2.64. The number of hydrogen-bond donors (Lipinski definition) is 2. The van der Waals surface area contributed by atoms with E-state index in [4.69, 9.17) is 0 Å². The summed E-state index contributed by atoms with van der Waals surface area (Å²) in [5.74, 6) is -1.45. The predicted molar refractivity (Wildman–Crippen MR) is 64.9 cm³/mol. The van der Waals surface area contributed by atoms with Gasteiger partial charge in [-0.3, -0.25) is 4.79 Å². The van der Waals surface area contributed by atoms with Crippen LogP contribution in [-0.2, 0) is 4.79 Å². The van der Waals surface area contributed by atoms with Gasteiger partial charge in [0.1, 0.15) is 5.72 Å². The van der Waals surface area contributed by atoms with E-state index in [1.54, 1.807) is 0 Å². The van der Waals surface area contributed by atoms with Gasteiger partial charge in [0.25, 0.3) is 0 Å². The average molecular weight is 270 g/mol. The summed E-state index contributed by atoms with van der Waals surface area (Å²) in [7, 11) is 0. The van der Waals surface area contributed by atoms with Gasteiger partial charge in [0, 0.05) is 18.3 Å². The lowest BCUT2D eigenvalue weighted by atomic mass is 9.47. The number of rotatable bonds is 0. The van der Waals surface area contributed by atoms with Crippen molar-refractivity contribution in [2.75, 3.05) is 0 Å². The second-order valence-electron chi connectivity index (χ2n) is 6.10. The highest BCUT2D eigenvalue weighted by atomic mass is 16.3. The largest absolute Gasteiger partial charge is 0.371 e. The van der Waals surface area contributed by atoms with Gasteiger partial charge in [0.05, 0.1) is 18.2 Å². The van der Waals surface area contributed by atoms with Crippen LogP contribution in [0.2, 0.25) is 0 Å². The number of carbonyl (C=O) groups is 1. The minimum absolute atomic E-state index is 0.169. The summed E-state index contributed by atoms with van der Waals surface area (Å²) in [5, 5.41) is 41.9. The van der Waals surface area contributed by atoms with Crippen molar-refractivity contribution in [3.63, 3.8) is 0 Å². The second-order valence-corrected chi connectivity index (χ2v) is 6.10. The number of carbonyl (C=O) groups excluding carboxylic acids is 1. The van der Waals surface area contributed by atoms with Crippen molar-refractivity contribution in [2.45, 2.75) is 37.8 Å². The molecule has 1 saturated heterocycles. The van der Waals surface area contributed by atoms with Crippen LogP contribution in [0, 0.1) is 56.7 Å². The number of amides is 1. The zero-order chi connectivity index (χ0) is 14.6. The molecule has 1 aliphatic heterocycles. The smallest absolute Gasteiger partial charge is 0.245 e. The van der Waals surface area contributed by atoms with E-state index in [0.29, 0.717) is 12.8 Å². The van der Waals surface area contributed by atoms with Crippen molar-refractivity contribution in [1.29, 1.82) is 15.8 Å². The Kier molecular flexibility index (Phi) is 2.40. The monoisotopic (exact) mass is 270 g/mol. The van der Waals surface area contributed by atoms with Gasteiger partial charge in [-0.2, -0.15) is 15.8 Å². The number of nitrogens with zero attached hydrogens (tertiary/aromatic N) is 3. The molecule has 3 fully saturated rings. The number of aliphatic hydroxyl groups is 1. The van der Waals surface area contributed by atoms with Crippen molar-refractivity contribution in [1.82, 2.24) is 5.32 Å². The molecule has 2 saturated carbocycles. The summed E-state index contributed by atoms with van der Waals surface area (Å²) >= 11 is 0. The van der Waals surface area contributed by atoms with Gasteiger partial charge in [0.2, 0.25) is 5.91 Å². The van der Waals surface area contributed by atoms with Crippen molar-refractivity contribution in [3.05, 3.63) is 0 Å². The molecule has 1 amide bonds. The fourth-order valence-electron chi connectivity index (χ4n) is 4.47. The fraction of sp³-hybridized carbons (Fsp3) is 0.714. The average Bonchev–Trinajstić information content (AvgIpc) is 2.71. The fourth-order valence-corrected chi connectivity index (χ4v) is 4.47. The molecule has 2 N–H and O–H groups in total. The third-order valence-corrected chi connectivity index (χ3v) is 5.40. The molecule has 20 heavy (non-hydrogen) atoms. The van der Waals surface area contributed by atoms with Crippen LogP contribution < -0.4 is 5.32 Å². The third kappa shape index (κ3) is 1.13. The first-order chi connectivity index (χ1) is 9.49. The molecule has 2 aliphatic carbocycles. The Hall–Kier alpha value is -2.10. The standard InChI is InChI=1S/C14H14N4O2/c15-6-12-5-14(20,18-11(12)19)10-4-2-1-3-9(10)13(12,7-16)8-17/h9-10,20H,1-5H2,(H,18,19)/t9-,10-,12+,14+/m1/s1. The highest BCUT2D eigenvalue weighted by Gasteiger charge is 2.76. The summed E-state index contributed by atoms with van der Waals surface area (Å²) < 4.78 is 0. The van der Waals surface area contributed by atoms with Gasteiger partial charge >= 0.3 is 0 Å². The Bertz CT molecular complexity index is 596. The Morgan fingerprint density at radius 1 is 1.10 bits per heavy atom. The summed E-state index contributed by atoms with van der Waals surface area (Å²) in [6, 6.07) is 5.85. The highest BCUT2D eigenvalue weighted by molar-refractivity contribution is 5.91. The van der Waals surface area contributed by atoms with Gasteiger partial charge in [-0.25, -0.2) is 0 Å². The molecule has 0 aromatic carbocycles. The molecular weight excluding hydrogens is 256 g/mol. The van der Waals surface area contributed by atoms with E-state index in [2.05, 4.69) is 5.32 Å². The molecule has 2 bridgehead atoms. The maximum absolute atomic E-state index is 12.3. The Morgan fingerprint density at radius 3 is 2.25 bits per heavy atom. The van der Waals surface area contributed by atoms with Crippen LogP contribution in [0.3, 0.4) is 0 Å². The van der Waals surface area contributed by atoms with Crippen LogP contribution in [-0.4, -0.2) is 16.7 Å². The van der Waals surface area contributed by atoms with Gasteiger partial charge in [-0.15, -0.1) is 0 Å². The van der Waals surface area contributed by atoms with Gasteiger partial charge in [-0.05, 0) is 12.8 Å². The summed E-state index contributed by atoms with van der Waals surface area (Å²) in [5.41, 5.74) is -4.88. The Morgan fingerprint density at radius 2 is 1.70 bits per heavy atom. The molecule has 0 unspecified atom stereocenters. The molecule has 0 radical (unpaired) electrons. The molecule has 0 spiro atoms.